The summed E-state index contributed by atoms with van der Waals surface area (Å²) >= 11 is 10.1. The van der Waals surface area contributed by atoms with Crippen molar-refractivity contribution in [1.29, 1.82) is 0 Å². The molecule has 0 aliphatic carbocycles. The fraction of sp³-hybridized carbons (Fsp3) is 0.364. The molecule has 0 bridgehead atoms. The Kier molecular flexibility index (Phi) is 4.38. The number of benzene rings is 1. The molecule has 0 unspecified atom stereocenters. The zero-order chi connectivity index (χ0) is 11.5. The van der Waals surface area contributed by atoms with Crippen LogP contribution in [0.1, 0.15) is 10.4 Å². The lowest BCUT2D eigenvalue weighted by molar-refractivity contribution is 0.0772. The third-order valence-corrected chi connectivity index (χ3v) is 4.98. The highest BCUT2D eigenvalue weighted by atomic mass is 127. The van der Waals surface area contributed by atoms with Gasteiger partial charge in [-0.15, -0.1) is 0 Å². The summed E-state index contributed by atoms with van der Waals surface area (Å²) in [7, 11) is 0. The summed E-state index contributed by atoms with van der Waals surface area (Å²) in [5.41, 5.74) is 0.692. The van der Waals surface area contributed by atoms with E-state index in [1.54, 1.807) is 6.07 Å². The zero-order valence-corrected chi connectivity index (χ0v) is 12.3. The van der Waals surface area contributed by atoms with Crippen LogP contribution in [0.3, 0.4) is 0 Å². The van der Waals surface area contributed by atoms with E-state index in [-0.39, 0.29) is 5.91 Å². The molecule has 1 aromatic carbocycles. The Morgan fingerprint density at radius 3 is 2.69 bits per heavy atom. The summed E-state index contributed by atoms with van der Waals surface area (Å²) in [4.78, 5) is 14.0. The van der Waals surface area contributed by atoms with Crippen molar-refractivity contribution < 1.29 is 4.79 Å². The van der Waals surface area contributed by atoms with E-state index in [0.29, 0.717) is 10.6 Å². The third kappa shape index (κ3) is 2.84. The maximum absolute atomic E-state index is 12.1. The van der Waals surface area contributed by atoms with Crippen molar-refractivity contribution >= 4 is 51.9 Å². The minimum Gasteiger partial charge on any atom is -0.337 e. The van der Waals surface area contributed by atoms with E-state index >= 15 is 0 Å². The summed E-state index contributed by atoms with van der Waals surface area (Å²) in [5.74, 6) is 2.16. The van der Waals surface area contributed by atoms with Gasteiger partial charge >= 0.3 is 0 Å². The van der Waals surface area contributed by atoms with E-state index in [1.165, 1.54) is 0 Å². The standard InChI is InChI=1S/C11H11ClINOS/c12-9-7-8(1-2-10(9)13)11(15)14-3-5-16-6-4-14/h1-2,7H,3-6H2. The van der Waals surface area contributed by atoms with Crippen LogP contribution in [0.4, 0.5) is 0 Å². The Morgan fingerprint density at radius 1 is 1.38 bits per heavy atom. The van der Waals surface area contributed by atoms with Gasteiger partial charge in [-0.3, -0.25) is 4.79 Å². The molecule has 1 aliphatic rings. The summed E-state index contributed by atoms with van der Waals surface area (Å²) in [6.45, 7) is 1.68. The van der Waals surface area contributed by atoms with Gasteiger partial charge in [0, 0.05) is 33.7 Å². The van der Waals surface area contributed by atoms with Crippen LogP contribution < -0.4 is 0 Å². The first-order valence-electron chi connectivity index (χ1n) is 5.00. The molecule has 1 saturated heterocycles. The van der Waals surface area contributed by atoms with Gasteiger partial charge in [0.2, 0.25) is 0 Å². The molecule has 1 aromatic rings. The number of carbonyl (C=O) groups is 1. The van der Waals surface area contributed by atoms with Gasteiger partial charge in [0.1, 0.15) is 0 Å². The maximum Gasteiger partial charge on any atom is 0.253 e. The average Bonchev–Trinajstić information content (AvgIpc) is 2.33. The minimum atomic E-state index is 0.0959. The fourth-order valence-electron chi connectivity index (χ4n) is 1.58. The first kappa shape index (κ1) is 12.5. The van der Waals surface area contributed by atoms with Crippen LogP contribution in [0.25, 0.3) is 0 Å². The van der Waals surface area contributed by atoms with E-state index in [1.807, 2.05) is 28.8 Å². The Bertz CT molecular complexity index is 407. The van der Waals surface area contributed by atoms with Crippen LogP contribution in [0.2, 0.25) is 5.02 Å². The predicted octanol–water partition coefficient (Wildman–Crippen LogP) is 3.13. The second-order valence-electron chi connectivity index (χ2n) is 3.53. The molecule has 1 fully saturated rings. The molecule has 2 nitrogen and oxygen atoms in total. The van der Waals surface area contributed by atoms with Crippen molar-refractivity contribution in [3.63, 3.8) is 0 Å². The Balaban J connectivity index is 2.16. The topological polar surface area (TPSA) is 20.3 Å². The fourth-order valence-corrected chi connectivity index (χ4v) is 3.00. The number of halogens is 2. The second-order valence-corrected chi connectivity index (χ2v) is 6.33. The number of nitrogens with zero attached hydrogens (tertiary/aromatic N) is 1. The smallest absolute Gasteiger partial charge is 0.253 e. The molecule has 0 N–H and O–H groups in total. The van der Waals surface area contributed by atoms with Crippen molar-refractivity contribution in [1.82, 2.24) is 4.90 Å². The van der Waals surface area contributed by atoms with Crippen LogP contribution in [0.5, 0.6) is 0 Å². The highest BCUT2D eigenvalue weighted by Crippen LogP contribution is 2.21. The number of hydrogen-bond acceptors (Lipinski definition) is 2. The molecule has 0 saturated carbocycles. The van der Waals surface area contributed by atoms with Gasteiger partial charge in [-0.2, -0.15) is 11.8 Å². The molecule has 0 radical (unpaired) electrons. The molecule has 1 amide bonds. The van der Waals surface area contributed by atoms with Crippen molar-refractivity contribution in [2.24, 2.45) is 0 Å². The molecule has 0 spiro atoms. The molecule has 0 aromatic heterocycles. The number of hydrogen-bond donors (Lipinski definition) is 0. The Hall–Kier alpha value is 0.0600. The third-order valence-electron chi connectivity index (χ3n) is 2.46. The van der Waals surface area contributed by atoms with E-state index in [4.69, 9.17) is 11.6 Å². The number of amides is 1. The predicted molar refractivity (Wildman–Crippen MR) is 77.4 cm³/mol. The first-order chi connectivity index (χ1) is 7.68. The molecule has 86 valence electrons. The second kappa shape index (κ2) is 5.60. The van der Waals surface area contributed by atoms with Gasteiger partial charge < -0.3 is 4.90 Å². The largest absolute Gasteiger partial charge is 0.337 e. The summed E-state index contributed by atoms with van der Waals surface area (Å²) in [5, 5.41) is 0.651. The number of carbonyl (C=O) groups excluding carboxylic acids is 1. The summed E-state index contributed by atoms with van der Waals surface area (Å²) in [6.07, 6.45) is 0. The number of rotatable bonds is 1. The molecule has 1 aliphatic heterocycles. The van der Waals surface area contributed by atoms with Crippen molar-refractivity contribution in [2.75, 3.05) is 24.6 Å². The lowest BCUT2D eigenvalue weighted by Crippen LogP contribution is -2.37. The monoisotopic (exact) mass is 367 g/mol. The maximum atomic E-state index is 12.1. The highest BCUT2D eigenvalue weighted by Gasteiger charge is 2.18. The van der Waals surface area contributed by atoms with Crippen LogP contribution >= 0.6 is 46.0 Å². The highest BCUT2D eigenvalue weighted by molar-refractivity contribution is 14.1. The van der Waals surface area contributed by atoms with Crippen molar-refractivity contribution in [3.8, 4) is 0 Å². The van der Waals surface area contributed by atoms with Gasteiger partial charge in [0.25, 0.3) is 5.91 Å². The van der Waals surface area contributed by atoms with E-state index in [2.05, 4.69) is 22.6 Å². The van der Waals surface area contributed by atoms with Crippen LogP contribution in [-0.2, 0) is 0 Å². The molecule has 0 atom stereocenters. The van der Waals surface area contributed by atoms with Gasteiger partial charge in [-0.25, -0.2) is 0 Å². The Morgan fingerprint density at radius 2 is 2.06 bits per heavy atom. The van der Waals surface area contributed by atoms with E-state index in [9.17, 15) is 4.79 Å². The van der Waals surface area contributed by atoms with Gasteiger partial charge in [0.15, 0.2) is 0 Å². The van der Waals surface area contributed by atoms with Crippen molar-refractivity contribution in [2.45, 2.75) is 0 Å². The minimum absolute atomic E-state index is 0.0959. The molecular weight excluding hydrogens is 357 g/mol. The van der Waals surface area contributed by atoms with Crippen molar-refractivity contribution in [3.05, 3.63) is 32.4 Å². The molecule has 5 heteroatoms. The lowest BCUT2D eigenvalue weighted by atomic mass is 10.2. The normalized spacial score (nSPS) is 16.2. The SMILES string of the molecule is O=C(c1ccc(I)c(Cl)c1)N1CCSCC1. The zero-order valence-electron chi connectivity index (χ0n) is 8.58. The molecular formula is C11H11ClINOS. The van der Waals surface area contributed by atoms with Gasteiger partial charge in [-0.05, 0) is 40.8 Å². The molecule has 16 heavy (non-hydrogen) atoms. The van der Waals surface area contributed by atoms with E-state index < -0.39 is 0 Å². The lowest BCUT2D eigenvalue weighted by Gasteiger charge is -2.26. The van der Waals surface area contributed by atoms with Crippen LogP contribution in [0.15, 0.2) is 18.2 Å². The first-order valence-corrected chi connectivity index (χ1v) is 7.61. The van der Waals surface area contributed by atoms with Gasteiger partial charge in [0.05, 0.1) is 5.02 Å². The van der Waals surface area contributed by atoms with E-state index in [0.717, 1.165) is 28.2 Å². The van der Waals surface area contributed by atoms with Crippen LogP contribution in [-0.4, -0.2) is 35.4 Å². The summed E-state index contributed by atoms with van der Waals surface area (Å²) in [6, 6.07) is 5.49. The number of thioether (sulfide) groups is 1. The van der Waals surface area contributed by atoms with Crippen LogP contribution in [0, 0.1) is 3.57 Å². The quantitative estimate of drug-likeness (QED) is 0.711. The summed E-state index contributed by atoms with van der Waals surface area (Å²) < 4.78 is 0.977. The molecule has 1 heterocycles. The Labute approximate surface area is 118 Å². The van der Waals surface area contributed by atoms with Gasteiger partial charge in [-0.1, -0.05) is 11.6 Å². The molecule has 2 rings (SSSR count). The average molecular weight is 368 g/mol.